The number of primary amides is 1. The number of hydrogen-bond acceptors (Lipinski definition) is 3. The van der Waals surface area contributed by atoms with Crippen molar-refractivity contribution in [3.05, 3.63) is 29.3 Å². The Balaban J connectivity index is 2.91. The number of nitrogens with two attached hydrogens (primary N) is 1. The van der Waals surface area contributed by atoms with Gasteiger partial charge in [0.15, 0.2) is 0 Å². The van der Waals surface area contributed by atoms with Crippen molar-refractivity contribution in [3.63, 3.8) is 0 Å². The summed E-state index contributed by atoms with van der Waals surface area (Å²) in [6.45, 7) is -0.436. The number of carbonyl (C=O) groups excluding carboxylic acids is 1. The van der Waals surface area contributed by atoms with Crippen LogP contribution in [0.4, 0.5) is 0 Å². The molecule has 7 heteroatoms. The SMILES string of the molecule is NC(=O)CNS(=O)(=O)c1cccc(Cl)c1. The predicted octanol–water partition coefficient (Wildman–Crippen LogP) is 0.104. The molecule has 15 heavy (non-hydrogen) atoms. The standard InChI is InChI=1S/C8H9ClN2O3S/c9-6-2-1-3-7(4-6)15(13,14)11-5-8(10)12/h1-4,11H,5H2,(H2,10,12). The summed E-state index contributed by atoms with van der Waals surface area (Å²) >= 11 is 5.63. The predicted molar refractivity (Wildman–Crippen MR) is 55.8 cm³/mol. The molecule has 3 N–H and O–H groups in total. The van der Waals surface area contributed by atoms with Gasteiger partial charge in [0, 0.05) is 5.02 Å². The van der Waals surface area contributed by atoms with Crippen molar-refractivity contribution in [3.8, 4) is 0 Å². The number of nitrogens with one attached hydrogen (secondary N) is 1. The lowest BCUT2D eigenvalue weighted by Gasteiger charge is -2.04. The third-order valence-electron chi connectivity index (χ3n) is 1.54. The summed E-state index contributed by atoms with van der Waals surface area (Å²) in [5.41, 5.74) is 4.82. The van der Waals surface area contributed by atoms with Gasteiger partial charge in [0.2, 0.25) is 15.9 Å². The number of halogens is 1. The minimum absolute atomic E-state index is 0.00347. The largest absolute Gasteiger partial charge is 0.369 e. The Hall–Kier alpha value is -1.11. The molecule has 0 saturated heterocycles. The highest BCUT2D eigenvalue weighted by molar-refractivity contribution is 7.89. The van der Waals surface area contributed by atoms with E-state index in [1.165, 1.54) is 18.2 Å². The molecule has 1 amide bonds. The van der Waals surface area contributed by atoms with Crippen LogP contribution >= 0.6 is 11.6 Å². The second kappa shape index (κ2) is 4.61. The monoisotopic (exact) mass is 248 g/mol. The van der Waals surface area contributed by atoms with Gasteiger partial charge in [-0.25, -0.2) is 13.1 Å². The minimum atomic E-state index is -3.71. The van der Waals surface area contributed by atoms with E-state index in [1.54, 1.807) is 6.07 Å². The topological polar surface area (TPSA) is 89.3 Å². The van der Waals surface area contributed by atoms with Crippen molar-refractivity contribution < 1.29 is 13.2 Å². The van der Waals surface area contributed by atoms with E-state index in [0.717, 1.165) is 0 Å². The van der Waals surface area contributed by atoms with Gasteiger partial charge in [0.25, 0.3) is 0 Å². The van der Waals surface area contributed by atoms with Crippen LogP contribution in [0.1, 0.15) is 0 Å². The van der Waals surface area contributed by atoms with Crippen LogP contribution in [0, 0.1) is 0 Å². The molecule has 0 aliphatic heterocycles. The maximum absolute atomic E-state index is 11.5. The van der Waals surface area contributed by atoms with Crippen LogP contribution in [-0.2, 0) is 14.8 Å². The van der Waals surface area contributed by atoms with Crippen LogP contribution < -0.4 is 10.5 Å². The molecule has 5 nitrogen and oxygen atoms in total. The Morgan fingerprint density at radius 1 is 1.47 bits per heavy atom. The van der Waals surface area contributed by atoms with E-state index in [4.69, 9.17) is 17.3 Å². The zero-order chi connectivity index (χ0) is 11.5. The van der Waals surface area contributed by atoms with E-state index in [2.05, 4.69) is 0 Å². The number of amides is 1. The van der Waals surface area contributed by atoms with Gasteiger partial charge in [-0.15, -0.1) is 0 Å². The Labute approximate surface area is 92.3 Å². The van der Waals surface area contributed by atoms with Gasteiger partial charge in [-0.3, -0.25) is 4.79 Å². The van der Waals surface area contributed by atoms with E-state index >= 15 is 0 Å². The van der Waals surface area contributed by atoms with E-state index < -0.39 is 22.5 Å². The molecule has 0 atom stereocenters. The molecule has 0 fully saturated rings. The zero-order valence-electron chi connectivity index (χ0n) is 7.60. The lowest BCUT2D eigenvalue weighted by Crippen LogP contribution is -2.33. The fourth-order valence-corrected chi connectivity index (χ4v) is 2.18. The molecule has 82 valence electrons. The second-order valence-corrected chi connectivity index (χ2v) is 4.95. The van der Waals surface area contributed by atoms with E-state index in [-0.39, 0.29) is 4.90 Å². The molecule has 0 bridgehead atoms. The van der Waals surface area contributed by atoms with Crippen LogP contribution in [0.2, 0.25) is 5.02 Å². The molecular weight excluding hydrogens is 240 g/mol. The van der Waals surface area contributed by atoms with Crippen LogP contribution in [0.15, 0.2) is 29.2 Å². The number of hydrogen-bond donors (Lipinski definition) is 2. The molecular formula is C8H9ClN2O3S. The van der Waals surface area contributed by atoms with Crippen LogP contribution in [0.5, 0.6) is 0 Å². The first-order valence-corrected chi connectivity index (χ1v) is 5.81. The maximum Gasteiger partial charge on any atom is 0.241 e. The van der Waals surface area contributed by atoms with Gasteiger partial charge in [0.05, 0.1) is 11.4 Å². The summed E-state index contributed by atoms with van der Waals surface area (Å²) in [4.78, 5) is 10.4. The molecule has 0 spiro atoms. The van der Waals surface area contributed by atoms with Crippen molar-refractivity contribution in [1.82, 2.24) is 4.72 Å². The van der Waals surface area contributed by atoms with Crippen molar-refractivity contribution >= 4 is 27.5 Å². The Kier molecular flexibility index (Phi) is 3.67. The summed E-state index contributed by atoms with van der Waals surface area (Å²) < 4.78 is 25.1. The molecule has 0 saturated carbocycles. The molecule has 1 aromatic carbocycles. The Morgan fingerprint density at radius 2 is 2.13 bits per heavy atom. The van der Waals surface area contributed by atoms with E-state index in [1.807, 2.05) is 4.72 Å². The fourth-order valence-electron chi connectivity index (χ4n) is 0.884. The maximum atomic E-state index is 11.5. The summed E-state index contributed by atoms with van der Waals surface area (Å²) in [5, 5.41) is 0.303. The molecule has 0 radical (unpaired) electrons. The second-order valence-electron chi connectivity index (χ2n) is 2.75. The Bertz CT molecular complexity index is 473. The molecule has 0 unspecified atom stereocenters. The summed E-state index contributed by atoms with van der Waals surface area (Å²) in [7, 11) is -3.71. The van der Waals surface area contributed by atoms with Crippen LogP contribution in [0.3, 0.4) is 0 Å². The van der Waals surface area contributed by atoms with E-state index in [0.29, 0.717) is 5.02 Å². The van der Waals surface area contributed by atoms with E-state index in [9.17, 15) is 13.2 Å². The van der Waals surface area contributed by atoms with Gasteiger partial charge in [-0.2, -0.15) is 0 Å². The first-order valence-electron chi connectivity index (χ1n) is 3.95. The van der Waals surface area contributed by atoms with Gasteiger partial charge >= 0.3 is 0 Å². The fraction of sp³-hybridized carbons (Fsp3) is 0.125. The average molecular weight is 249 g/mol. The molecule has 0 heterocycles. The van der Waals surface area contributed by atoms with Gasteiger partial charge < -0.3 is 5.73 Å². The Morgan fingerprint density at radius 3 is 2.67 bits per heavy atom. The molecule has 1 aromatic rings. The van der Waals surface area contributed by atoms with Crippen molar-refractivity contribution in [2.75, 3.05) is 6.54 Å². The third kappa shape index (κ3) is 3.50. The van der Waals surface area contributed by atoms with Crippen LogP contribution in [0.25, 0.3) is 0 Å². The number of carbonyl (C=O) groups is 1. The summed E-state index contributed by atoms with van der Waals surface area (Å²) in [6.07, 6.45) is 0. The first-order chi connectivity index (χ1) is 6.92. The molecule has 0 aromatic heterocycles. The average Bonchev–Trinajstić information content (AvgIpc) is 2.15. The van der Waals surface area contributed by atoms with Crippen molar-refractivity contribution in [1.29, 1.82) is 0 Å². The lowest BCUT2D eigenvalue weighted by atomic mass is 10.4. The van der Waals surface area contributed by atoms with Crippen LogP contribution in [-0.4, -0.2) is 20.9 Å². The zero-order valence-corrected chi connectivity index (χ0v) is 9.18. The van der Waals surface area contributed by atoms with Gasteiger partial charge in [-0.05, 0) is 18.2 Å². The third-order valence-corrected chi connectivity index (χ3v) is 3.18. The lowest BCUT2D eigenvalue weighted by molar-refractivity contribution is -0.116. The van der Waals surface area contributed by atoms with Crippen molar-refractivity contribution in [2.24, 2.45) is 5.73 Å². The minimum Gasteiger partial charge on any atom is -0.369 e. The van der Waals surface area contributed by atoms with Gasteiger partial charge in [-0.1, -0.05) is 17.7 Å². The van der Waals surface area contributed by atoms with Crippen molar-refractivity contribution in [2.45, 2.75) is 4.90 Å². The molecule has 1 rings (SSSR count). The number of sulfonamides is 1. The number of benzene rings is 1. The summed E-state index contributed by atoms with van der Waals surface area (Å²) in [6, 6.07) is 5.70. The first kappa shape index (κ1) is 12.0. The highest BCUT2D eigenvalue weighted by Gasteiger charge is 2.14. The smallest absolute Gasteiger partial charge is 0.241 e. The highest BCUT2D eigenvalue weighted by atomic mass is 35.5. The number of rotatable bonds is 4. The highest BCUT2D eigenvalue weighted by Crippen LogP contribution is 2.14. The normalized spacial score (nSPS) is 11.3. The molecule has 0 aliphatic carbocycles. The molecule has 0 aliphatic rings. The quantitative estimate of drug-likeness (QED) is 0.792. The van der Waals surface area contributed by atoms with Gasteiger partial charge in [0.1, 0.15) is 0 Å². The summed E-state index contributed by atoms with van der Waals surface area (Å²) in [5.74, 6) is -0.749.